The largest absolute Gasteiger partial charge is 0.378 e. The maximum absolute atomic E-state index is 13.3. The molecule has 3 rings (SSSR count). The zero-order valence-corrected chi connectivity index (χ0v) is 17.2. The molecule has 1 saturated heterocycles. The molecule has 1 aromatic carbocycles. The molecule has 28 heavy (non-hydrogen) atoms. The molecule has 1 aromatic heterocycles. The highest BCUT2D eigenvalue weighted by atomic mass is 35.5. The van der Waals surface area contributed by atoms with Crippen LogP contribution in [0.5, 0.6) is 0 Å². The molecule has 0 spiro atoms. The van der Waals surface area contributed by atoms with Gasteiger partial charge in [0.05, 0.1) is 33.4 Å². The van der Waals surface area contributed by atoms with Gasteiger partial charge in [0.1, 0.15) is 5.82 Å². The van der Waals surface area contributed by atoms with Crippen LogP contribution in [0.4, 0.5) is 20.6 Å². The van der Waals surface area contributed by atoms with E-state index in [-0.39, 0.29) is 17.2 Å². The molecule has 1 unspecified atom stereocenters. The summed E-state index contributed by atoms with van der Waals surface area (Å²) in [6.07, 6.45) is 2.79. The molecule has 2 aromatic rings. The average Bonchev–Trinajstić information content (AvgIpc) is 2.87. The van der Waals surface area contributed by atoms with E-state index in [1.54, 1.807) is 12.0 Å². The number of carbonyl (C=O) groups excluding carboxylic acids is 1. The van der Waals surface area contributed by atoms with Crippen molar-refractivity contribution in [3.63, 3.8) is 0 Å². The van der Waals surface area contributed by atoms with E-state index >= 15 is 0 Å². The van der Waals surface area contributed by atoms with Crippen LogP contribution in [0.25, 0.3) is 0 Å². The second-order valence-electron chi connectivity index (χ2n) is 6.26. The van der Waals surface area contributed by atoms with Gasteiger partial charge < -0.3 is 19.9 Å². The topological polar surface area (TPSA) is 57.7 Å². The molecule has 1 N–H and O–H groups in total. The number of amides is 2. The quantitative estimate of drug-likeness (QED) is 0.750. The van der Waals surface area contributed by atoms with Gasteiger partial charge in [-0.1, -0.05) is 34.8 Å². The Balaban J connectivity index is 1.75. The summed E-state index contributed by atoms with van der Waals surface area (Å²) in [6.45, 7) is 1.79. The monoisotopic (exact) mass is 446 g/mol. The first-order valence-electron chi connectivity index (χ1n) is 8.46. The van der Waals surface area contributed by atoms with E-state index in [1.807, 2.05) is 4.90 Å². The number of pyridine rings is 1. The lowest BCUT2D eigenvalue weighted by molar-refractivity contribution is 0.0887. The van der Waals surface area contributed by atoms with Gasteiger partial charge in [-0.05, 0) is 18.2 Å². The van der Waals surface area contributed by atoms with Gasteiger partial charge in [0.25, 0.3) is 0 Å². The summed E-state index contributed by atoms with van der Waals surface area (Å²) in [5, 5.41) is 3.53. The lowest BCUT2D eigenvalue weighted by Gasteiger charge is -2.26. The highest BCUT2D eigenvalue weighted by Gasteiger charge is 2.28. The van der Waals surface area contributed by atoms with Crippen LogP contribution in [0.2, 0.25) is 15.1 Å². The van der Waals surface area contributed by atoms with Crippen molar-refractivity contribution in [2.24, 2.45) is 0 Å². The van der Waals surface area contributed by atoms with Gasteiger partial charge in [0.2, 0.25) is 0 Å². The van der Waals surface area contributed by atoms with Crippen molar-refractivity contribution in [2.75, 3.05) is 43.5 Å². The zero-order chi connectivity index (χ0) is 20.3. The van der Waals surface area contributed by atoms with Crippen LogP contribution in [0.1, 0.15) is 0 Å². The number of hydrogen-bond donors (Lipinski definition) is 1. The third kappa shape index (κ3) is 4.78. The Labute approximate surface area is 177 Å². The summed E-state index contributed by atoms with van der Waals surface area (Å²) >= 11 is 18.3. The number of aromatic nitrogens is 1. The van der Waals surface area contributed by atoms with Gasteiger partial charge in [0.15, 0.2) is 0 Å². The van der Waals surface area contributed by atoms with Gasteiger partial charge in [-0.3, -0.25) is 4.98 Å². The van der Waals surface area contributed by atoms with Crippen LogP contribution >= 0.6 is 34.8 Å². The number of halogens is 4. The molecule has 1 atom stereocenters. The predicted molar refractivity (Wildman–Crippen MR) is 109 cm³/mol. The molecule has 2 heterocycles. The van der Waals surface area contributed by atoms with Gasteiger partial charge in [-0.25, -0.2) is 9.18 Å². The van der Waals surface area contributed by atoms with E-state index < -0.39 is 5.82 Å². The van der Waals surface area contributed by atoms with Crippen LogP contribution in [-0.4, -0.2) is 55.3 Å². The molecule has 1 aliphatic heterocycles. The Morgan fingerprint density at radius 2 is 1.89 bits per heavy atom. The minimum atomic E-state index is -0.546. The predicted octanol–water partition coefficient (Wildman–Crippen LogP) is 4.55. The zero-order valence-electron chi connectivity index (χ0n) is 15.0. The fourth-order valence-electron chi connectivity index (χ4n) is 2.99. The molecule has 1 fully saturated rings. The van der Waals surface area contributed by atoms with E-state index in [0.717, 1.165) is 0 Å². The lowest BCUT2D eigenvalue weighted by atomic mass is 10.3. The van der Waals surface area contributed by atoms with E-state index in [9.17, 15) is 9.18 Å². The maximum atomic E-state index is 13.3. The number of benzene rings is 1. The van der Waals surface area contributed by atoms with Gasteiger partial charge >= 0.3 is 6.03 Å². The Morgan fingerprint density at radius 3 is 2.54 bits per heavy atom. The van der Waals surface area contributed by atoms with Crippen LogP contribution in [0.15, 0.2) is 30.6 Å². The first-order valence-corrected chi connectivity index (χ1v) is 9.60. The standard InChI is InChI=1S/C18H18Cl3FN4O2/c1-28-12-9-25(17-14(20)7-23-8-15(17)21)4-5-26(10-12)18(27)24-11-2-3-16(22)13(19)6-11/h2-3,6-8,12H,4-5,9-10H2,1H3,(H,24,27). The van der Waals surface area contributed by atoms with E-state index in [4.69, 9.17) is 39.5 Å². The molecule has 150 valence electrons. The molecular weight excluding hydrogens is 430 g/mol. The van der Waals surface area contributed by atoms with Crippen molar-refractivity contribution in [2.45, 2.75) is 6.10 Å². The number of ether oxygens (including phenoxy) is 1. The number of nitrogens with one attached hydrogen (secondary N) is 1. The van der Waals surface area contributed by atoms with Gasteiger partial charge in [-0.2, -0.15) is 0 Å². The van der Waals surface area contributed by atoms with E-state index in [1.165, 1.54) is 30.6 Å². The first-order chi connectivity index (χ1) is 13.4. The van der Waals surface area contributed by atoms with Crippen LogP contribution < -0.4 is 10.2 Å². The number of anilines is 2. The van der Waals surface area contributed by atoms with E-state index in [0.29, 0.717) is 47.6 Å². The average molecular weight is 448 g/mol. The second-order valence-corrected chi connectivity index (χ2v) is 7.48. The summed E-state index contributed by atoms with van der Waals surface area (Å²) in [6, 6.07) is 3.68. The number of nitrogens with zero attached hydrogens (tertiary/aromatic N) is 3. The van der Waals surface area contributed by atoms with E-state index in [2.05, 4.69) is 10.3 Å². The van der Waals surface area contributed by atoms with Crippen LogP contribution in [0, 0.1) is 5.82 Å². The van der Waals surface area contributed by atoms with Crippen LogP contribution in [0.3, 0.4) is 0 Å². The number of urea groups is 1. The number of hydrogen-bond acceptors (Lipinski definition) is 4. The molecule has 1 aliphatic rings. The van der Waals surface area contributed by atoms with Crippen LogP contribution in [-0.2, 0) is 4.74 Å². The molecule has 0 radical (unpaired) electrons. The number of methoxy groups -OCH3 is 1. The summed E-state index contributed by atoms with van der Waals surface area (Å²) in [5.74, 6) is -0.546. The van der Waals surface area contributed by atoms with Crippen molar-refractivity contribution in [3.05, 3.63) is 51.5 Å². The summed E-state index contributed by atoms with van der Waals surface area (Å²) in [4.78, 5) is 20.3. The van der Waals surface area contributed by atoms with Crippen molar-refractivity contribution in [1.82, 2.24) is 9.88 Å². The van der Waals surface area contributed by atoms with Crippen molar-refractivity contribution >= 4 is 52.2 Å². The van der Waals surface area contributed by atoms with Gasteiger partial charge in [0, 0.05) is 44.8 Å². The Hall–Kier alpha value is -1.80. The third-order valence-corrected chi connectivity index (χ3v) is 5.27. The highest BCUT2D eigenvalue weighted by molar-refractivity contribution is 6.38. The molecule has 0 bridgehead atoms. The van der Waals surface area contributed by atoms with Gasteiger partial charge in [-0.15, -0.1) is 0 Å². The summed E-state index contributed by atoms with van der Waals surface area (Å²) < 4.78 is 18.8. The molecular formula is C18H18Cl3FN4O2. The fraction of sp³-hybridized carbons (Fsp3) is 0.333. The minimum absolute atomic E-state index is 0.0587. The minimum Gasteiger partial charge on any atom is -0.378 e. The molecule has 2 amide bonds. The second kappa shape index (κ2) is 9.13. The Kier molecular flexibility index (Phi) is 6.82. The molecule has 6 nitrogen and oxygen atoms in total. The Morgan fingerprint density at radius 1 is 1.18 bits per heavy atom. The highest BCUT2D eigenvalue weighted by Crippen LogP contribution is 2.33. The third-order valence-electron chi connectivity index (χ3n) is 4.42. The maximum Gasteiger partial charge on any atom is 0.321 e. The lowest BCUT2D eigenvalue weighted by Crippen LogP contribution is -2.41. The molecule has 0 aliphatic carbocycles. The normalized spacial score (nSPS) is 17.4. The first kappa shape index (κ1) is 20.9. The Bertz CT molecular complexity index is 850. The number of rotatable bonds is 3. The molecule has 0 saturated carbocycles. The molecule has 10 heteroatoms. The number of carbonyl (C=O) groups is 1. The summed E-state index contributed by atoms with van der Waals surface area (Å²) in [5.41, 5.74) is 1.07. The van der Waals surface area contributed by atoms with Crippen molar-refractivity contribution in [3.8, 4) is 0 Å². The van der Waals surface area contributed by atoms with Crippen molar-refractivity contribution in [1.29, 1.82) is 0 Å². The fourth-order valence-corrected chi connectivity index (χ4v) is 3.78. The SMILES string of the molecule is COC1CN(C(=O)Nc2ccc(F)c(Cl)c2)CCN(c2c(Cl)cncc2Cl)C1. The summed E-state index contributed by atoms with van der Waals surface area (Å²) in [7, 11) is 1.58. The van der Waals surface area contributed by atoms with Crippen molar-refractivity contribution < 1.29 is 13.9 Å². The smallest absolute Gasteiger partial charge is 0.321 e.